The van der Waals surface area contributed by atoms with Crippen molar-refractivity contribution in [3.05, 3.63) is 29.8 Å². The van der Waals surface area contributed by atoms with Gasteiger partial charge in [0.25, 0.3) is 0 Å². The van der Waals surface area contributed by atoms with Gasteiger partial charge in [-0.05, 0) is 44.7 Å². The third-order valence-electron chi connectivity index (χ3n) is 4.16. The first-order valence-electron chi connectivity index (χ1n) is 7.70. The average Bonchev–Trinajstić information content (AvgIpc) is 2.77. The fourth-order valence-corrected chi connectivity index (χ4v) is 3.50. The Morgan fingerprint density at radius 3 is 2.82 bits per heavy atom. The van der Waals surface area contributed by atoms with Crippen LogP contribution in [0, 0.1) is 12.8 Å². The largest absolute Gasteiger partial charge is 0.382 e. The van der Waals surface area contributed by atoms with Crippen LogP contribution in [0.4, 0.5) is 5.69 Å². The number of amidine groups is 1. The number of rotatable bonds is 6. The van der Waals surface area contributed by atoms with E-state index in [9.17, 15) is 4.79 Å². The van der Waals surface area contributed by atoms with Crippen LogP contribution in [0.5, 0.6) is 0 Å². The van der Waals surface area contributed by atoms with E-state index in [1.54, 1.807) is 0 Å². The van der Waals surface area contributed by atoms with Gasteiger partial charge in [-0.3, -0.25) is 4.79 Å². The van der Waals surface area contributed by atoms with Crippen molar-refractivity contribution < 1.29 is 9.53 Å². The summed E-state index contributed by atoms with van der Waals surface area (Å²) < 4.78 is 4.92. The van der Waals surface area contributed by atoms with Crippen molar-refractivity contribution in [2.24, 2.45) is 10.9 Å². The molecule has 1 aliphatic heterocycles. The van der Waals surface area contributed by atoms with E-state index in [0.29, 0.717) is 18.4 Å². The number of amides is 1. The van der Waals surface area contributed by atoms with Crippen molar-refractivity contribution in [2.45, 2.75) is 38.9 Å². The smallest absolute Gasteiger partial charge is 0.242 e. The predicted molar refractivity (Wildman–Crippen MR) is 92.7 cm³/mol. The number of hydrogen-bond acceptors (Lipinski definition) is 4. The number of nitrogens with one attached hydrogen (secondary N) is 1. The van der Waals surface area contributed by atoms with Crippen LogP contribution in [0.25, 0.3) is 0 Å². The first-order chi connectivity index (χ1) is 10.5. The second kappa shape index (κ2) is 7.29. The van der Waals surface area contributed by atoms with Crippen LogP contribution in [-0.4, -0.2) is 29.0 Å². The summed E-state index contributed by atoms with van der Waals surface area (Å²) in [5.41, 5.74) is 2.00. The highest BCUT2D eigenvalue weighted by Gasteiger charge is 2.46. The lowest BCUT2D eigenvalue weighted by molar-refractivity contribution is -0.122. The van der Waals surface area contributed by atoms with Crippen molar-refractivity contribution in [1.29, 1.82) is 0 Å². The topological polar surface area (TPSA) is 50.7 Å². The maximum Gasteiger partial charge on any atom is 0.242 e. The van der Waals surface area contributed by atoms with Gasteiger partial charge in [0, 0.05) is 13.2 Å². The van der Waals surface area contributed by atoms with Gasteiger partial charge in [0.2, 0.25) is 5.91 Å². The Hall–Kier alpha value is -1.33. The molecule has 2 rings (SSSR count). The zero-order chi connectivity index (χ0) is 16.2. The lowest BCUT2D eigenvalue weighted by atomic mass is 9.91. The Kier molecular flexibility index (Phi) is 5.64. The van der Waals surface area contributed by atoms with Crippen LogP contribution >= 0.6 is 11.8 Å². The van der Waals surface area contributed by atoms with Gasteiger partial charge in [-0.1, -0.05) is 36.9 Å². The molecule has 22 heavy (non-hydrogen) atoms. The summed E-state index contributed by atoms with van der Waals surface area (Å²) >= 11 is 1.52. The third-order valence-corrected chi connectivity index (χ3v) is 5.56. The van der Waals surface area contributed by atoms with Gasteiger partial charge in [0.1, 0.15) is 4.75 Å². The number of hydrogen-bond donors (Lipinski definition) is 1. The van der Waals surface area contributed by atoms with Crippen molar-refractivity contribution in [2.75, 3.05) is 13.2 Å². The minimum absolute atomic E-state index is 0.0360. The van der Waals surface area contributed by atoms with Crippen LogP contribution < -0.4 is 5.32 Å². The minimum Gasteiger partial charge on any atom is -0.382 e. The van der Waals surface area contributed by atoms with Crippen LogP contribution in [0.3, 0.4) is 0 Å². The van der Waals surface area contributed by atoms with Crippen LogP contribution in [0.1, 0.15) is 32.8 Å². The first-order valence-corrected chi connectivity index (χ1v) is 8.51. The summed E-state index contributed by atoms with van der Waals surface area (Å²) in [5, 5.41) is 3.61. The molecule has 5 heteroatoms. The molecule has 0 spiro atoms. The molecule has 1 aromatic rings. The lowest BCUT2D eigenvalue weighted by Crippen LogP contribution is -2.39. The number of nitrogens with zero attached hydrogens (tertiary/aromatic N) is 1. The lowest BCUT2D eigenvalue weighted by Gasteiger charge is -2.26. The molecule has 0 radical (unpaired) electrons. The standard InChI is InChI=1S/C17H24N2O2S/c1-5-21-11-10-13(3)17(4)15(20)19-16(22-17)18-14-9-7-6-8-12(14)2/h6-9,13H,5,10-11H2,1-4H3,(H,18,19,20). The average molecular weight is 320 g/mol. The third kappa shape index (κ3) is 3.70. The molecule has 0 saturated carbocycles. The van der Waals surface area contributed by atoms with Crippen molar-refractivity contribution in [3.63, 3.8) is 0 Å². The van der Waals surface area contributed by atoms with E-state index in [4.69, 9.17) is 4.74 Å². The fourth-order valence-electron chi connectivity index (χ4n) is 2.35. The van der Waals surface area contributed by atoms with Crippen molar-refractivity contribution >= 4 is 28.5 Å². The Morgan fingerprint density at radius 2 is 2.14 bits per heavy atom. The number of carbonyl (C=O) groups is 1. The molecule has 1 aromatic carbocycles. The van der Waals surface area contributed by atoms with E-state index in [1.807, 2.05) is 45.0 Å². The summed E-state index contributed by atoms with van der Waals surface area (Å²) in [6.45, 7) is 9.49. The molecule has 1 amide bonds. The fraction of sp³-hybridized carbons (Fsp3) is 0.529. The summed E-state index contributed by atoms with van der Waals surface area (Å²) in [6.07, 6.45) is 0.863. The van der Waals surface area contributed by atoms with E-state index in [1.165, 1.54) is 11.8 Å². The number of para-hydroxylation sites is 1. The van der Waals surface area contributed by atoms with E-state index in [2.05, 4.69) is 17.2 Å². The zero-order valence-corrected chi connectivity index (χ0v) is 14.5. The molecule has 120 valence electrons. The van der Waals surface area contributed by atoms with Crippen LogP contribution in [-0.2, 0) is 9.53 Å². The number of benzene rings is 1. The van der Waals surface area contributed by atoms with Gasteiger partial charge in [-0.15, -0.1) is 0 Å². The Bertz CT molecular complexity index is 574. The number of aliphatic imine (C=N–C) groups is 1. The zero-order valence-electron chi connectivity index (χ0n) is 13.7. The van der Waals surface area contributed by atoms with Gasteiger partial charge in [-0.2, -0.15) is 0 Å². The summed E-state index contributed by atoms with van der Waals surface area (Å²) in [6, 6.07) is 7.92. The maximum absolute atomic E-state index is 12.4. The molecule has 1 N–H and O–H groups in total. The van der Waals surface area contributed by atoms with Crippen LogP contribution in [0.15, 0.2) is 29.3 Å². The van der Waals surface area contributed by atoms with Gasteiger partial charge in [0.05, 0.1) is 5.69 Å². The molecule has 1 heterocycles. The quantitative estimate of drug-likeness (QED) is 0.814. The Balaban J connectivity index is 2.11. The highest BCUT2D eigenvalue weighted by Crippen LogP contribution is 2.40. The Morgan fingerprint density at radius 1 is 1.41 bits per heavy atom. The number of thioether (sulfide) groups is 1. The van der Waals surface area contributed by atoms with Gasteiger partial charge < -0.3 is 10.1 Å². The van der Waals surface area contributed by atoms with E-state index in [-0.39, 0.29) is 11.8 Å². The predicted octanol–water partition coefficient (Wildman–Crippen LogP) is 3.67. The molecule has 4 nitrogen and oxygen atoms in total. The number of aryl methyl sites for hydroxylation is 1. The molecule has 1 aliphatic rings. The van der Waals surface area contributed by atoms with Crippen molar-refractivity contribution in [1.82, 2.24) is 5.32 Å². The summed E-state index contributed by atoms with van der Waals surface area (Å²) in [5.74, 6) is 0.252. The van der Waals surface area contributed by atoms with Gasteiger partial charge >= 0.3 is 0 Å². The first kappa shape index (κ1) is 17.0. The minimum atomic E-state index is -0.487. The molecular formula is C17H24N2O2S. The SMILES string of the molecule is CCOCCC(C)C1(C)SC(=Nc2ccccc2C)NC1=O. The molecule has 0 bridgehead atoms. The number of ether oxygens (including phenoxy) is 1. The molecule has 2 unspecified atom stereocenters. The summed E-state index contributed by atoms with van der Waals surface area (Å²) in [7, 11) is 0. The number of carbonyl (C=O) groups excluding carboxylic acids is 1. The van der Waals surface area contributed by atoms with E-state index in [0.717, 1.165) is 17.7 Å². The normalized spacial score (nSPS) is 24.5. The molecule has 0 aromatic heterocycles. The molecular weight excluding hydrogens is 296 g/mol. The molecule has 1 saturated heterocycles. The monoisotopic (exact) mass is 320 g/mol. The Labute approximate surface area is 136 Å². The highest BCUT2D eigenvalue weighted by atomic mass is 32.2. The van der Waals surface area contributed by atoms with E-state index < -0.39 is 4.75 Å². The van der Waals surface area contributed by atoms with E-state index >= 15 is 0 Å². The molecule has 1 fully saturated rings. The maximum atomic E-state index is 12.4. The van der Waals surface area contributed by atoms with Gasteiger partial charge in [0.15, 0.2) is 5.17 Å². The van der Waals surface area contributed by atoms with Crippen molar-refractivity contribution in [3.8, 4) is 0 Å². The van der Waals surface area contributed by atoms with Crippen LogP contribution in [0.2, 0.25) is 0 Å². The second-order valence-corrected chi connectivity index (χ2v) is 7.19. The molecule has 0 aliphatic carbocycles. The highest BCUT2D eigenvalue weighted by molar-refractivity contribution is 8.16. The second-order valence-electron chi connectivity index (χ2n) is 5.75. The molecule has 2 atom stereocenters. The summed E-state index contributed by atoms with van der Waals surface area (Å²) in [4.78, 5) is 17.0. The van der Waals surface area contributed by atoms with Gasteiger partial charge in [-0.25, -0.2) is 4.99 Å².